The van der Waals surface area contributed by atoms with Crippen LogP contribution in [0, 0.1) is 5.92 Å². The zero-order valence-electron chi connectivity index (χ0n) is 29.6. The molecule has 6 aromatic rings. The van der Waals surface area contributed by atoms with Crippen molar-refractivity contribution in [1.29, 1.82) is 0 Å². The van der Waals surface area contributed by atoms with Gasteiger partial charge in [-0.15, -0.1) is 0 Å². The molecule has 0 bridgehead atoms. The van der Waals surface area contributed by atoms with Gasteiger partial charge >= 0.3 is 6.03 Å². The smallest absolute Gasteiger partial charge is 0.319 e. The van der Waals surface area contributed by atoms with Gasteiger partial charge < -0.3 is 34.5 Å². The molecule has 1 aromatic heterocycles. The van der Waals surface area contributed by atoms with Crippen LogP contribution in [0.2, 0.25) is 0 Å². The first-order chi connectivity index (χ1) is 25.9. The average Bonchev–Trinajstić information content (AvgIpc) is 3.62. The van der Waals surface area contributed by atoms with E-state index in [-0.39, 0.29) is 30.8 Å². The Morgan fingerprint density at radius 3 is 2.26 bits per heavy atom. The van der Waals surface area contributed by atoms with Crippen molar-refractivity contribution >= 4 is 23.5 Å². The molecule has 1 aliphatic rings. The van der Waals surface area contributed by atoms with Crippen molar-refractivity contribution in [2.75, 3.05) is 11.1 Å². The fourth-order valence-electron chi connectivity index (χ4n) is 6.32. The fourth-order valence-corrected chi connectivity index (χ4v) is 7.41. The van der Waals surface area contributed by atoms with Gasteiger partial charge in [0, 0.05) is 48.9 Å². The summed E-state index contributed by atoms with van der Waals surface area (Å²) in [7, 11) is 1.99. The van der Waals surface area contributed by atoms with Crippen LogP contribution in [-0.4, -0.2) is 32.5 Å². The molecule has 1 aliphatic heterocycles. The van der Waals surface area contributed by atoms with Gasteiger partial charge in [0.25, 0.3) is 0 Å². The second-order valence-corrected chi connectivity index (χ2v) is 14.0. The fraction of sp³-hybridized carbons (Fsp3) is 0.209. The zero-order valence-corrected chi connectivity index (χ0v) is 30.4. The monoisotopic (exact) mass is 726 g/mol. The largest absolute Gasteiger partial charge is 0.457 e. The SMILES string of the molecule is C[C@H]1[C@@H](CSc2nccn2C)O[C@@H](c2ccc(-c3ccccc3CNC(=O)Nc3ccc(Oc4ccccc4)cc3)cc2)O[C@H]1c1ccc(CO)cc1. The van der Waals surface area contributed by atoms with E-state index in [0.29, 0.717) is 18.0 Å². The summed E-state index contributed by atoms with van der Waals surface area (Å²) in [6, 6.07) is 40.8. The number of urea groups is 1. The van der Waals surface area contributed by atoms with E-state index in [1.807, 2.05) is 127 Å². The Morgan fingerprint density at radius 1 is 0.849 bits per heavy atom. The molecule has 10 heteroatoms. The summed E-state index contributed by atoms with van der Waals surface area (Å²) in [5, 5.41) is 16.4. The molecule has 0 unspecified atom stereocenters. The number of nitrogens with zero attached hydrogens (tertiary/aromatic N) is 2. The third-order valence-electron chi connectivity index (χ3n) is 9.32. The molecule has 270 valence electrons. The molecule has 1 saturated heterocycles. The summed E-state index contributed by atoms with van der Waals surface area (Å²) in [5.41, 5.74) is 6.51. The van der Waals surface area contributed by atoms with Gasteiger partial charge in [0.2, 0.25) is 0 Å². The van der Waals surface area contributed by atoms with Gasteiger partial charge in [-0.3, -0.25) is 0 Å². The summed E-state index contributed by atoms with van der Waals surface area (Å²) < 4.78 is 21.2. The van der Waals surface area contributed by atoms with Crippen LogP contribution in [-0.2, 0) is 29.7 Å². The predicted molar refractivity (Wildman–Crippen MR) is 208 cm³/mol. The number of anilines is 1. The van der Waals surface area contributed by atoms with E-state index in [2.05, 4.69) is 40.7 Å². The maximum atomic E-state index is 12.9. The van der Waals surface area contributed by atoms with Gasteiger partial charge in [-0.25, -0.2) is 9.78 Å². The number of hydrogen-bond donors (Lipinski definition) is 3. The summed E-state index contributed by atoms with van der Waals surface area (Å²) in [6.45, 7) is 2.50. The minimum Gasteiger partial charge on any atom is -0.457 e. The van der Waals surface area contributed by atoms with Gasteiger partial charge in [0.15, 0.2) is 11.4 Å². The Kier molecular flexibility index (Phi) is 11.5. The van der Waals surface area contributed by atoms with Crippen molar-refractivity contribution in [2.24, 2.45) is 13.0 Å². The van der Waals surface area contributed by atoms with E-state index in [9.17, 15) is 9.90 Å². The topological polar surface area (TPSA) is 107 Å². The first-order valence-electron chi connectivity index (χ1n) is 17.6. The van der Waals surface area contributed by atoms with Crippen LogP contribution in [0.5, 0.6) is 11.5 Å². The first-order valence-corrected chi connectivity index (χ1v) is 18.6. The molecule has 5 aromatic carbocycles. The Bertz CT molecular complexity index is 2090. The summed E-state index contributed by atoms with van der Waals surface area (Å²) in [5.74, 6) is 2.23. The molecule has 7 rings (SSSR count). The van der Waals surface area contributed by atoms with Crippen molar-refractivity contribution < 1.29 is 24.1 Å². The number of aliphatic hydroxyl groups excluding tert-OH is 1. The van der Waals surface area contributed by atoms with Crippen LogP contribution < -0.4 is 15.4 Å². The van der Waals surface area contributed by atoms with Crippen LogP contribution >= 0.6 is 11.8 Å². The van der Waals surface area contributed by atoms with E-state index in [4.69, 9.17) is 14.2 Å². The average molecular weight is 727 g/mol. The number of rotatable bonds is 12. The van der Waals surface area contributed by atoms with Crippen molar-refractivity contribution in [3.63, 3.8) is 0 Å². The molecule has 9 nitrogen and oxygen atoms in total. The molecule has 0 radical (unpaired) electrons. The molecular formula is C43H42N4O5S. The van der Waals surface area contributed by atoms with E-state index >= 15 is 0 Å². The Hall–Kier alpha value is -5.39. The molecule has 2 amide bonds. The predicted octanol–water partition coefficient (Wildman–Crippen LogP) is 9.28. The Morgan fingerprint density at radius 2 is 1.55 bits per heavy atom. The number of amides is 2. The molecule has 0 spiro atoms. The second-order valence-electron chi connectivity index (χ2n) is 13.0. The van der Waals surface area contributed by atoms with Crippen LogP contribution in [0.3, 0.4) is 0 Å². The lowest BCUT2D eigenvalue weighted by Crippen LogP contribution is -2.38. The van der Waals surface area contributed by atoms with Gasteiger partial charge in [0.05, 0.1) is 18.8 Å². The molecule has 0 aliphatic carbocycles. The lowest BCUT2D eigenvalue weighted by molar-refractivity contribution is -0.268. The van der Waals surface area contributed by atoms with Gasteiger partial charge in [-0.1, -0.05) is 110 Å². The normalized spacial score (nSPS) is 18.3. The number of benzene rings is 5. The minimum atomic E-state index is -0.575. The number of nitrogens with one attached hydrogen (secondary N) is 2. The molecule has 4 atom stereocenters. The van der Waals surface area contributed by atoms with Gasteiger partial charge in [0.1, 0.15) is 11.5 Å². The highest BCUT2D eigenvalue weighted by atomic mass is 32.2. The van der Waals surface area contributed by atoms with Crippen LogP contribution in [0.15, 0.2) is 145 Å². The lowest BCUT2D eigenvalue weighted by atomic mass is 9.91. The molecule has 0 saturated carbocycles. The lowest BCUT2D eigenvalue weighted by Gasteiger charge is -2.41. The van der Waals surface area contributed by atoms with Gasteiger partial charge in [-0.2, -0.15) is 0 Å². The quantitative estimate of drug-likeness (QED) is 0.108. The number of imidazole rings is 1. The summed E-state index contributed by atoms with van der Waals surface area (Å²) in [4.78, 5) is 17.4. The number of aliphatic hydroxyl groups is 1. The zero-order chi connectivity index (χ0) is 36.6. The number of para-hydroxylation sites is 1. The number of hydrogen-bond acceptors (Lipinski definition) is 7. The van der Waals surface area contributed by atoms with Gasteiger partial charge in [-0.05, 0) is 64.2 Å². The van der Waals surface area contributed by atoms with E-state index < -0.39 is 6.29 Å². The molecule has 53 heavy (non-hydrogen) atoms. The number of ether oxygens (including phenoxy) is 3. The highest BCUT2D eigenvalue weighted by Crippen LogP contribution is 2.43. The third kappa shape index (κ3) is 8.98. The Labute approximate surface area is 314 Å². The van der Waals surface area contributed by atoms with Crippen molar-refractivity contribution in [3.8, 4) is 22.6 Å². The standard InChI is InChI=1S/C43H42N4O5S/c1-29-39(28-53-43-44-24-25-47(43)2)51-41(52-40(29)32-14-12-30(27-48)13-15-32)33-18-16-31(17-19-33)38-11-7-6-8-34(38)26-45-42(49)46-35-20-22-37(23-21-35)50-36-9-4-3-5-10-36/h3-25,29,39-41,48H,26-28H2,1-2H3,(H2,45,46,49)/t29-,39+,40+,41+/m0/s1. The minimum absolute atomic E-state index is 0.00472. The van der Waals surface area contributed by atoms with Crippen molar-refractivity contribution in [3.05, 3.63) is 162 Å². The molecule has 3 N–H and O–H groups in total. The van der Waals surface area contributed by atoms with Crippen LogP contribution in [0.25, 0.3) is 11.1 Å². The third-order valence-corrected chi connectivity index (χ3v) is 10.5. The number of aryl methyl sites for hydroxylation is 1. The molecule has 1 fully saturated rings. The number of carbonyl (C=O) groups is 1. The van der Waals surface area contributed by atoms with Crippen molar-refractivity contribution in [2.45, 2.75) is 43.7 Å². The van der Waals surface area contributed by atoms with E-state index in [1.165, 1.54) is 0 Å². The maximum Gasteiger partial charge on any atom is 0.319 e. The summed E-state index contributed by atoms with van der Waals surface area (Å²) >= 11 is 1.67. The second kappa shape index (κ2) is 17.0. The Balaban J connectivity index is 1.01. The number of aromatic nitrogens is 2. The first kappa shape index (κ1) is 36.0. The number of thioether (sulfide) groups is 1. The van der Waals surface area contributed by atoms with Crippen LogP contribution in [0.4, 0.5) is 10.5 Å². The van der Waals surface area contributed by atoms with Crippen molar-refractivity contribution in [1.82, 2.24) is 14.9 Å². The molecule has 2 heterocycles. The number of carbonyl (C=O) groups excluding carboxylic acids is 1. The van der Waals surface area contributed by atoms with E-state index in [0.717, 1.165) is 50.0 Å². The van der Waals surface area contributed by atoms with Crippen LogP contribution in [0.1, 0.15) is 41.6 Å². The highest BCUT2D eigenvalue weighted by molar-refractivity contribution is 7.99. The maximum absolute atomic E-state index is 12.9. The summed E-state index contributed by atoms with van der Waals surface area (Å²) in [6.07, 6.45) is 2.87. The highest BCUT2D eigenvalue weighted by Gasteiger charge is 2.38. The van der Waals surface area contributed by atoms with E-state index in [1.54, 1.807) is 18.0 Å². The molecular weight excluding hydrogens is 685 g/mol.